The van der Waals surface area contributed by atoms with Crippen LogP contribution in [0.2, 0.25) is 0 Å². The molecule has 0 spiro atoms. The maximum atomic E-state index is 11.5. The number of carbonyl (C=O) groups is 1. The van der Waals surface area contributed by atoms with Gasteiger partial charge in [0, 0.05) is 6.07 Å². The highest BCUT2D eigenvalue weighted by atomic mass is 79.9. The third-order valence-electron chi connectivity index (χ3n) is 2.63. The standard InChI is InChI=1S/C14H11Br2NO3/c1-8-3-4-9(14(18)19-2)5-12(8)17-7-10-6-11(15)13(16)20-10/h3-7H,1-2H3. The number of ether oxygens (including phenoxy) is 1. The molecule has 0 aliphatic rings. The number of esters is 1. The number of halogens is 2. The minimum Gasteiger partial charge on any atom is -0.465 e. The molecule has 0 aliphatic carbocycles. The smallest absolute Gasteiger partial charge is 0.337 e. The molecule has 1 heterocycles. The summed E-state index contributed by atoms with van der Waals surface area (Å²) in [4.78, 5) is 15.8. The Morgan fingerprint density at radius 1 is 1.35 bits per heavy atom. The van der Waals surface area contributed by atoms with Gasteiger partial charge in [0.2, 0.25) is 0 Å². The van der Waals surface area contributed by atoms with Crippen molar-refractivity contribution in [3.05, 3.63) is 50.3 Å². The first-order valence-electron chi connectivity index (χ1n) is 5.69. The Labute approximate surface area is 133 Å². The molecule has 20 heavy (non-hydrogen) atoms. The zero-order valence-electron chi connectivity index (χ0n) is 10.8. The fourth-order valence-electron chi connectivity index (χ4n) is 1.55. The molecule has 0 radical (unpaired) electrons. The van der Waals surface area contributed by atoms with Crippen LogP contribution in [0.3, 0.4) is 0 Å². The zero-order chi connectivity index (χ0) is 14.7. The molecule has 0 saturated carbocycles. The van der Waals surface area contributed by atoms with Crippen LogP contribution in [0.4, 0.5) is 5.69 Å². The molecule has 0 aliphatic heterocycles. The number of hydrogen-bond donors (Lipinski definition) is 0. The largest absolute Gasteiger partial charge is 0.465 e. The number of carbonyl (C=O) groups excluding carboxylic acids is 1. The minimum atomic E-state index is -0.384. The lowest BCUT2D eigenvalue weighted by molar-refractivity contribution is 0.0601. The summed E-state index contributed by atoms with van der Waals surface area (Å²) in [5.74, 6) is 0.219. The van der Waals surface area contributed by atoms with E-state index in [2.05, 4.69) is 36.9 Å². The van der Waals surface area contributed by atoms with Crippen molar-refractivity contribution in [2.75, 3.05) is 7.11 Å². The molecule has 0 atom stereocenters. The lowest BCUT2D eigenvalue weighted by Gasteiger charge is -2.03. The van der Waals surface area contributed by atoms with Crippen molar-refractivity contribution in [2.24, 2.45) is 4.99 Å². The van der Waals surface area contributed by atoms with E-state index in [0.29, 0.717) is 21.7 Å². The van der Waals surface area contributed by atoms with Gasteiger partial charge >= 0.3 is 5.97 Å². The maximum Gasteiger partial charge on any atom is 0.337 e. The predicted octanol–water partition coefficient (Wildman–Crippen LogP) is 4.65. The van der Waals surface area contributed by atoms with E-state index in [1.54, 1.807) is 24.4 Å². The molecule has 0 saturated heterocycles. The van der Waals surface area contributed by atoms with Gasteiger partial charge in [-0.05, 0) is 56.5 Å². The first kappa shape index (κ1) is 15.0. The third kappa shape index (κ3) is 3.37. The van der Waals surface area contributed by atoms with Crippen molar-refractivity contribution in [1.82, 2.24) is 0 Å². The Morgan fingerprint density at radius 3 is 2.70 bits per heavy atom. The van der Waals surface area contributed by atoms with E-state index in [1.807, 2.05) is 13.0 Å². The van der Waals surface area contributed by atoms with Crippen molar-refractivity contribution in [2.45, 2.75) is 6.92 Å². The number of nitrogens with zero attached hydrogens (tertiary/aromatic N) is 1. The predicted molar refractivity (Wildman–Crippen MR) is 83.9 cm³/mol. The van der Waals surface area contributed by atoms with Gasteiger partial charge in [-0.3, -0.25) is 4.99 Å². The molecule has 0 amide bonds. The average molecular weight is 401 g/mol. The fourth-order valence-corrected chi connectivity index (χ4v) is 2.16. The average Bonchev–Trinajstić information content (AvgIpc) is 2.76. The number of aryl methyl sites for hydroxylation is 1. The fraction of sp³-hybridized carbons (Fsp3) is 0.143. The van der Waals surface area contributed by atoms with Crippen molar-refractivity contribution in [3.63, 3.8) is 0 Å². The van der Waals surface area contributed by atoms with E-state index in [9.17, 15) is 4.79 Å². The lowest BCUT2D eigenvalue weighted by Crippen LogP contribution is -2.00. The van der Waals surface area contributed by atoms with Gasteiger partial charge in [0.1, 0.15) is 5.76 Å². The van der Waals surface area contributed by atoms with Gasteiger partial charge in [0.15, 0.2) is 4.67 Å². The van der Waals surface area contributed by atoms with E-state index in [-0.39, 0.29) is 5.97 Å². The van der Waals surface area contributed by atoms with Gasteiger partial charge in [-0.1, -0.05) is 6.07 Å². The molecule has 0 N–H and O–H groups in total. The van der Waals surface area contributed by atoms with Crippen LogP contribution in [0, 0.1) is 6.92 Å². The van der Waals surface area contributed by atoms with Crippen LogP contribution in [0.15, 0.2) is 42.8 Å². The van der Waals surface area contributed by atoms with Crippen molar-refractivity contribution in [3.8, 4) is 0 Å². The van der Waals surface area contributed by atoms with Gasteiger partial charge in [0.25, 0.3) is 0 Å². The molecule has 6 heteroatoms. The van der Waals surface area contributed by atoms with Crippen molar-refractivity contribution < 1.29 is 13.9 Å². The van der Waals surface area contributed by atoms with E-state index >= 15 is 0 Å². The summed E-state index contributed by atoms with van der Waals surface area (Å²) in [6.45, 7) is 1.92. The Morgan fingerprint density at radius 2 is 2.10 bits per heavy atom. The minimum absolute atomic E-state index is 0.384. The summed E-state index contributed by atoms with van der Waals surface area (Å²) in [6.07, 6.45) is 1.60. The van der Waals surface area contributed by atoms with Crippen LogP contribution in [0.1, 0.15) is 21.7 Å². The molecule has 1 aromatic carbocycles. The van der Waals surface area contributed by atoms with Gasteiger partial charge < -0.3 is 9.15 Å². The molecule has 4 nitrogen and oxygen atoms in total. The summed E-state index contributed by atoms with van der Waals surface area (Å²) in [5, 5.41) is 0. The maximum absolute atomic E-state index is 11.5. The highest BCUT2D eigenvalue weighted by Gasteiger charge is 2.08. The van der Waals surface area contributed by atoms with E-state index in [0.717, 1.165) is 10.0 Å². The number of benzene rings is 1. The summed E-state index contributed by atoms with van der Waals surface area (Å²) in [6, 6.07) is 7.02. The van der Waals surface area contributed by atoms with Gasteiger partial charge in [-0.25, -0.2) is 4.79 Å². The monoisotopic (exact) mass is 399 g/mol. The molecular weight excluding hydrogens is 390 g/mol. The molecule has 104 valence electrons. The number of furan rings is 1. The quantitative estimate of drug-likeness (QED) is 0.556. The zero-order valence-corrected chi connectivity index (χ0v) is 14.0. The van der Waals surface area contributed by atoms with Gasteiger partial charge in [-0.15, -0.1) is 0 Å². The Kier molecular flexibility index (Phi) is 4.77. The first-order chi connectivity index (χ1) is 9.51. The topological polar surface area (TPSA) is 51.8 Å². The Bertz CT molecular complexity index is 658. The van der Waals surface area contributed by atoms with Crippen LogP contribution >= 0.6 is 31.9 Å². The molecule has 2 rings (SSSR count). The molecule has 0 bridgehead atoms. The molecule has 2 aromatic rings. The number of rotatable bonds is 3. The Balaban J connectivity index is 2.30. The van der Waals surface area contributed by atoms with Crippen molar-refractivity contribution in [1.29, 1.82) is 0 Å². The first-order valence-corrected chi connectivity index (χ1v) is 7.27. The Hall–Kier alpha value is -1.40. The second-order valence-electron chi connectivity index (χ2n) is 4.02. The van der Waals surface area contributed by atoms with Gasteiger partial charge in [0.05, 0.1) is 29.0 Å². The molecule has 0 unspecified atom stereocenters. The summed E-state index contributed by atoms with van der Waals surface area (Å²) >= 11 is 6.59. The number of aliphatic imine (C=N–C) groups is 1. The third-order valence-corrected chi connectivity index (χ3v) is 4.34. The molecule has 0 fully saturated rings. The van der Waals surface area contributed by atoms with Crippen molar-refractivity contribution >= 4 is 49.7 Å². The summed E-state index contributed by atoms with van der Waals surface area (Å²) < 4.78 is 11.5. The normalized spacial score (nSPS) is 11.0. The van der Waals surface area contributed by atoms with Crippen LogP contribution < -0.4 is 0 Å². The second-order valence-corrected chi connectivity index (χ2v) is 5.60. The van der Waals surface area contributed by atoms with E-state index in [4.69, 9.17) is 9.15 Å². The van der Waals surface area contributed by atoms with Gasteiger partial charge in [-0.2, -0.15) is 0 Å². The van der Waals surface area contributed by atoms with Crippen LogP contribution in [0.5, 0.6) is 0 Å². The number of methoxy groups -OCH3 is 1. The second kappa shape index (κ2) is 6.37. The highest BCUT2D eigenvalue weighted by molar-refractivity contribution is 9.13. The summed E-state index contributed by atoms with van der Waals surface area (Å²) in [7, 11) is 1.35. The van der Waals surface area contributed by atoms with E-state index in [1.165, 1.54) is 7.11 Å². The molecular formula is C14H11Br2NO3. The number of hydrogen-bond acceptors (Lipinski definition) is 4. The highest BCUT2D eigenvalue weighted by Crippen LogP contribution is 2.27. The van der Waals surface area contributed by atoms with E-state index < -0.39 is 0 Å². The van der Waals surface area contributed by atoms with Crippen LogP contribution in [-0.4, -0.2) is 19.3 Å². The lowest BCUT2D eigenvalue weighted by atomic mass is 10.1. The SMILES string of the molecule is COC(=O)c1ccc(C)c(N=Cc2cc(Br)c(Br)o2)c1. The summed E-state index contributed by atoms with van der Waals surface area (Å²) in [5.41, 5.74) is 2.11. The van der Waals surface area contributed by atoms with Crippen LogP contribution in [-0.2, 0) is 4.74 Å². The van der Waals surface area contributed by atoms with Crippen LogP contribution in [0.25, 0.3) is 0 Å². The molecule has 1 aromatic heterocycles.